The zero-order valence-electron chi connectivity index (χ0n) is 13.5. The molecule has 1 unspecified atom stereocenters. The van der Waals surface area contributed by atoms with Crippen molar-refractivity contribution >= 4 is 0 Å². The van der Waals surface area contributed by atoms with Crippen LogP contribution in [-0.4, -0.2) is 0 Å². The minimum atomic E-state index is 0. The van der Waals surface area contributed by atoms with Crippen LogP contribution < -0.4 is 0 Å². The molecule has 0 saturated carbocycles. The summed E-state index contributed by atoms with van der Waals surface area (Å²) in [5, 5.41) is 0. The van der Waals surface area contributed by atoms with E-state index in [4.69, 9.17) is 0 Å². The Morgan fingerprint density at radius 1 is 1.10 bits per heavy atom. The molecule has 0 aromatic heterocycles. The van der Waals surface area contributed by atoms with Crippen molar-refractivity contribution in [1.82, 2.24) is 0 Å². The van der Waals surface area contributed by atoms with Gasteiger partial charge < -0.3 is 0 Å². The smallest absolute Gasteiger partial charge is 0.00752 e. The molecule has 114 valence electrons. The van der Waals surface area contributed by atoms with Gasteiger partial charge in [-0.1, -0.05) is 91.8 Å². The summed E-state index contributed by atoms with van der Waals surface area (Å²) >= 11 is 0. The third kappa shape index (κ3) is 4.81. The number of hydrogen-bond donors (Lipinski definition) is 0. The second-order valence-corrected chi connectivity index (χ2v) is 6.56. The minimum absolute atomic E-state index is 0. The van der Waals surface area contributed by atoms with Crippen LogP contribution in [0.4, 0.5) is 0 Å². The second kappa shape index (κ2) is 8.29. The Morgan fingerprint density at radius 2 is 1.70 bits per heavy atom. The Labute approximate surface area is 127 Å². The fourth-order valence-corrected chi connectivity index (χ4v) is 2.57. The Balaban J connectivity index is 0.00000361. The van der Waals surface area contributed by atoms with Crippen molar-refractivity contribution in [1.29, 1.82) is 0 Å². The molecule has 1 rings (SSSR count). The van der Waals surface area contributed by atoms with Crippen molar-refractivity contribution in [2.24, 2.45) is 11.8 Å². The van der Waals surface area contributed by atoms with Crippen LogP contribution in [-0.2, 0) is 11.8 Å². The molecule has 0 nitrogen and oxygen atoms in total. The van der Waals surface area contributed by atoms with Crippen LogP contribution in [0, 0.1) is 11.8 Å². The monoisotopic (exact) mass is 274 g/mol. The van der Waals surface area contributed by atoms with Gasteiger partial charge in [-0.15, -0.1) is 0 Å². The van der Waals surface area contributed by atoms with Gasteiger partial charge in [0.2, 0.25) is 0 Å². The minimum Gasteiger partial charge on any atom is -0.0856 e. The Morgan fingerprint density at radius 3 is 2.25 bits per heavy atom. The average Bonchev–Trinajstić information content (AvgIpc) is 2.37. The molecule has 1 aromatic carbocycles. The zero-order valence-corrected chi connectivity index (χ0v) is 13.5. The van der Waals surface area contributed by atoms with E-state index in [-0.39, 0.29) is 12.8 Å². The first kappa shape index (κ1) is 19.0. The first-order valence-electron chi connectivity index (χ1n) is 7.64. The molecule has 0 saturated heterocycles. The lowest BCUT2D eigenvalue weighted by molar-refractivity contribution is 0.333. The Hall–Kier alpha value is -1.04. The molecule has 0 heteroatoms. The third-order valence-electron chi connectivity index (χ3n) is 4.41. The fraction of sp³-hybridized carbons (Fsp3) is 0.600. The lowest BCUT2D eigenvalue weighted by Gasteiger charge is -2.33. The van der Waals surface area contributed by atoms with Gasteiger partial charge in [0.15, 0.2) is 0 Å². The van der Waals surface area contributed by atoms with Gasteiger partial charge in [0.1, 0.15) is 0 Å². The van der Waals surface area contributed by atoms with E-state index in [1.807, 2.05) is 0 Å². The van der Waals surface area contributed by atoms with Gasteiger partial charge >= 0.3 is 0 Å². The molecule has 0 N–H and O–H groups in total. The summed E-state index contributed by atoms with van der Waals surface area (Å²) in [5.41, 5.74) is 3.24. The fourth-order valence-electron chi connectivity index (χ4n) is 2.57. The normalized spacial score (nSPS) is 13.6. The molecule has 0 spiro atoms. The number of allylic oxidation sites excluding steroid dienone is 2. The summed E-state index contributed by atoms with van der Waals surface area (Å²) in [5.74, 6) is 1.33. The highest BCUT2D eigenvalue weighted by Gasteiger charge is 2.28. The van der Waals surface area contributed by atoms with Crippen LogP contribution >= 0.6 is 0 Å². The highest BCUT2D eigenvalue weighted by molar-refractivity contribution is 5.35. The predicted molar refractivity (Wildman–Crippen MR) is 93.3 cm³/mol. The van der Waals surface area contributed by atoms with E-state index < -0.39 is 0 Å². The van der Waals surface area contributed by atoms with Crippen molar-refractivity contribution in [2.45, 2.75) is 67.2 Å². The summed E-state index contributed by atoms with van der Waals surface area (Å²) in [6, 6.07) is 8.93. The van der Waals surface area contributed by atoms with E-state index in [0.29, 0.717) is 11.8 Å². The van der Waals surface area contributed by atoms with Gasteiger partial charge in [-0.2, -0.15) is 0 Å². The summed E-state index contributed by atoms with van der Waals surface area (Å²) in [7, 11) is 0. The molecule has 20 heavy (non-hydrogen) atoms. The number of hydrogen-bond acceptors (Lipinski definition) is 0. The molecule has 0 aliphatic carbocycles. The SMILES string of the molecule is C.CCC(C)C(C)(C)c1ccccc1C/C=C\C(C)C. The van der Waals surface area contributed by atoms with Crippen molar-refractivity contribution in [3.63, 3.8) is 0 Å². The molecule has 1 aromatic rings. The van der Waals surface area contributed by atoms with Crippen molar-refractivity contribution < 1.29 is 0 Å². The number of benzene rings is 1. The maximum absolute atomic E-state index is 2.38. The zero-order chi connectivity index (χ0) is 14.5. The van der Waals surface area contributed by atoms with Crippen LogP contribution in [0.5, 0.6) is 0 Å². The van der Waals surface area contributed by atoms with E-state index in [0.717, 1.165) is 6.42 Å². The molecular weight excluding hydrogens is 240 g/mol. The summed E-state index contributed by atoms with van der Waals surface area (Å²) in [6.45, 7) is 13.9. The second-order valence-electron chi connectivity index (χ2n) is 6.56. The van der Waals surface area contributed by atoms with Crippen LogP contribution in [0.3, 0.4) is 0 Å². The first-order valence-corrected chi connectivity index (χ1v) is 7.64. The number of rotatable bonds is 6. The van der Waals surface area contributed by atoms with Gasteiger partial charge in [-0.25, -0.2) is 0 Å². The lowest BCUT2D eigenvalue weighted by atomic mass is 9.71. The van der Waals surface area contributed by atoms with E-state index in [9.17, 15) is 0 Å². The largest absolute Gasteiger partial charge is 0.0856 e. The molecule has 0 bridgehead atoms. The van der Waals surface area contributed by atoms with Crippen LogP contribution in [0.25, 0.3) is 0 Å². The summed E-state index contributed by atoms with van der Waals surface area (Å²) in [4.78, 5) is 0. The molecule has 0 amide bonds. The average molecular weight is 274 g/mol. The molecule has 0 aliphatic heterocycles. The molecule has 0 radical (unpaired) electrons. The topological polar surface area (TPSA) is 0 Å². The molecule has 0 heterocycles. The standard InChI is InChI=1S/C19H30.CH4/c1-7-16(4)19(5,6)18-14-9-8-12-17(18)13-10-11-15(2)3;/h8-12,14-16H,7,13H2,1-6H3;1H4/b11-10-;. The maximum Gasteiger partial charge on any atom is -0.00752 e. The van der Waals surface area contributed by atoms with Gasteiger partial charge in [0, 0.05) is 0 Å². The van der Waals surface area contributed by atoms with Gasteiger partial charge in [-0.05, 0) is 34.8 Å². The van der Waals surface area contributed by atoms with Crippen LogP contribution in [0.1, 0.15) is 66.5 Å². The quantitative estimate of drug-likeness (QED) is 0.526. The Kier molecular flexibility index (Phi) is 7.86. The third-order valence-corrected chi connectivity index (χ3v) is 4.41. The summed E-state index contributed by atoms with van der Waals surface area (Å²) in [6.07, 6.45) is 6.89. The van der Waals surface area contributed by atoms with Crippen molar-refractivity contribution in [3.05, 3.63) is 47.5 Å². The highest BCUT2D eigenvalue weighted by atomic mass is 14.3. The van der Waals surface area contributed by atoms with Crippen molar-refractivity contribution in [2.75, 3.05) is 0 Å². The molecule has 1 atom stereocenters. The van der Waals surface area contributed by atoms with Gasteiger partial charge in [0.25, 0.3) is 0 Å². The van der Waals surface area contributed by atoms with E-state index in [1.54, 1.807) is 0 Å². The van der Waals surface area contributed by atoms with Crippen LogP contribution in [0.15, 0.2) is 36.4 Å². The van der Waals surface area contributed by atoms with Gasteiger partial charge in [0.05, 0.1) is 0 Å². The van der Waals surface area contributed by atoms with E-state index in [1.165, 1.54) is 17.5 Å². The molecule has 0 fully saturated rings. The maximum atomic E-state index is 2.38. The van der Waals surface area contributed by atoms with Gasteiger partial charge in [-0.3, -0.25) is 0 Å². The van der Waals surface area contributed by atoms with E-state index in [2.05, 4.69) is 78.0 Å². The Bertz CT molecular complexity index is 410. The predicted octanol–water partition coefficient (Wildman–Crippen LogP) is 6.40. The lowest BCUT2D eigenvalue weighted by Crippen LogP contribution is -2.27. The molecule has 0 aliphatic rings. The highest BCUT2D eigenvalue weighted by Crippen LogP contribution is 2.35. The van der Waals surface area contributed by atoms with Crippen molar-refractivity contribution in [3.8, 4) is 0 Å². The van der Waals surface area contributed by atoms with E-state index >= 15 is 0 Å². The first-order chi connectivity index (χ1) is 8.89. The molecular formula is C20H34. The van der Waals surface area contributed by atoms with Crippen LogP contribution in [0.2, 0.25) is 0 Å². The summed E-state index contributed by atoms with van der Waals surface area (Å²) < 4.78 is 0.